The fourth-order valence-electron chi connectivity index (χ4n) is 4.42. The minimum Gasteiger partial charge on any atom is -0.497 e. The van der Waals surface area contributed by atoms with Gasteiger partial charge in [-0.15, -0.1) is 0 Å². The van der Waals surface area contributed by atoms with Gasteiger partial charge in [-0.3, -0.25) is 14.7 Å². The lowest BCUT2D eigenvalue weighted by atomic mass is 10.1. The number of ether oxygens (including phenoxy) is 1. The topological polar surface area (TPSA) is 57.7 Å². The number of nitrogens with zero attached hydrogens (tertiary/aromatic N) is 3. The molecule has 2 heterocycles. The van der Waals surface area contributed by atoms with Gasteiger partial charge in [0.1, 0.15) is 5.75 Å². The fraction of sp³-hybridized carbons (Fsp3) is 0.214. The first-order valence-electron chi connectivity index (χ1n) is 11.6. The van der Waals surface area contributed by atoms with E-state index in [4.69, 9.17) is 4.74 Å². The zero-order valence-electron chi connectivity index (χ0n) is 19.3. The van der Waals surface area contributed by atoms with E-state index in [0.29, 0.717) is 18.7 Å². The van der Waals surface area contributed by atoms with Gasteiger partial charge in [0.15, 0.2) is 0 Å². The largest absolute Gasteiger partial charge is 0.497 e. The van der Waals surface area contributed by atoms with Crippen molar-refractivity contribution in [2.75, 3.05) is 38.6 Å². The third-order valence-corrected chi connectivity index (χ3v) is 6.30. The molecule has 3 aromatic carbocycles. The lowest BCUT2D eigenvalue weighted by Crippen LogP contribution is -2.48. The maximum absolute atomic E-state index is 13.4. The number of amides is 1. The van der Waals surface area contributed by atoms with Crippen LogP contribution in [0.4, 0.5) is 11.4 Å². The second-order valence-corrected chi connectivity index (χ2v) is 8.46. The van der Waals surface area contributed by atoms with Crippen LogP contribution in [0, 0.1) is 0 Å². The smallest absolute Gasteiger partial charge is 0.256 e. The average Bonchev–Trinajstić information content (AvgIpc) is 2.90. The van der Waals surface area contributed by atoms with Gasteiger partial charge < -0.3 is 15.0 Å². The summed E-state index contributed by atoms with van der Waals surface area (Å²) < 4.78 is 5.23. The van der Waals surface area contributed by atoms with E-state index in [2.05, 4.69) is 39.5 Å². The Bertz CT molecular complexity index is 1280. The predicted octanol–water partition coefficient (Wildman–Crippen LogP) is 4.95. The maximum atomic E-state index is 13.4. The first-order valence-corrected chi connectivity index (χ1v) is 11.6. The second-order valence-electron chi connectivity index (χ2n) is 8.46. The molecule has 1 N–H and O–H groups in total. The zero-order chi connectivity index (χ0) is 23.3. The van der Waals surface area contributed by atoms with Crippen LogP contribution in [0.1, 0.15) is 15.9 Å². The third kappa shape index (κ3) is 4.72. The van der Waals surface area contributed by atoms with Crippen molar-refractivity contribution < 1.29 is 9.53 Å². The highest BCUT2D eigenvalue weighted by atomic mass is 16.5. The van der Waals surface area contributed by atoms with E-state index in [1.807, 2.05) is 65.7 Å². The number of hydrogen-bond donors (Lipinski definition) is 1. The van der Waals surface area contributed by atoms with Gasteiger partial charge in [0, 0.05) is 50.0 Å². The highest BCUT2D eigenvalue weighted by Gasteiger charge is 2.24. The number of methoxy groups -OCH3 is 1. The van der Waals surface area contributed by atoms with Gasteiger partial charge in [0.2, 0.25) is 0 Å². The summed E-state index contributed by atoms with van der Waals surface area (Å²) in [5, 5.41) is 4.54. The Morgan fingerprint density at radius 2 is 1.68 bits per heavy atom. The molecular weight excluding hydrogens is 424 g/mol. The van der Waals surface area contributed by atoms with Gasteiger partial charge in [-0.2, -0.15) is 0 Å². The Kier molecular flexibility index (Phi) is 6.40. The predicted molar refractivity (Wildman–Crippen MR) is 136 cm³/mol. The molecule has 1 fully saturated rings. The average molecular weight is 453 g/mol. The molecule has 6 heteroatoms. The van der Waals surface area contributed by atoms with Crippen LogP contribution >= 0.6 is 0 Å². The summed E-state index contributed by atoms with van der Waals surface area (Å²) in [6.45, 7) is 3.92. The molecule has 1 aliphatic rings. The fourth-order valence-corrected chi connectivity index (χ4v) is 4.42. The number of fused-ring (bicyclic) bond motifs is 1. The lowest BCUT2D eigenvalue weighted by Gasteiger charge is -2.35. The number of benzene rings is 3. The molecule has 0 saturated carbocycles. The van der Waals surface area contributed by atoms with Crippen molar-refractivity contribution in [3.05, 3.63) is 96.2 Å². The number of rotatable bonds is 6. The van der Waals surface area contributed by atoms with Crippen molar-refractivity contribution >= 4 is 28.2 Å². The third-order valence-electron chi connectivity index (χ3n) is 6.30. The number of aromatic nitrogens is 1. The molecule has 0 spiro atoms. The Morgan fingerprint density at radius 3 is 2.47 bits per heavy atom. The number of carbonyl (C=O) groups is 1. The van der Waals surface area contributed by atoms with Gasteiger partial charge in [-0.25, -0.2) is 0 Å². The molecule has 1 aromatic heterocycles. The highest BCUT2D eigenvalue weighted by molar-refractivity contribution is 6.00. The summed E-state index contributed by atoms with van der Waals surface area (Å²) in [5.41, 5.74) is 4.69. The van der Waals surface area contributed by atoms with Crippen LogP contribution in [0.25, 0.3) is 10.9 Å². The number of piperazine rings is 1. The molecule has 4 aromatic rings. The highest BCUT2D eigenvalue weighted by Crippen LogP contribution is 2.25. The van der Waals surface area contributed by atoms with Gasteiger partial charge in [0.05, 0.1) is 23.9 Å². The van der Waals surface area contributed by atoms with E-state index in [-0.39, 0.29) is 5.91 Å². The van der Waals surface area contributed by atoms with Gasteiger partial charge in [-0.1, -0.05) is 36.4 Å². The van der Waals surface area contributed by atoms with E-state index in [1.54, 1.807) is 7.11 Å². The van der Waals surface area contributed by atoms with Crippen LogP contribution in [-0.2, 0) is 6.54 Å². The molecular formula is C28H28N4O2. The molecule has 0 aliphatic carbocycles. The minimum absolute atomic E-state index is 0.0584. The van der Waals surface area contributed by atoms with Gasteiger partial charge >= 0.3 is 0 Å². The van der Waals surface area contributed by atoms with E-state index in [0.717, 1.165) is 47.7 Å². The molecule has 0 bridgehead atoms. The molecule has 172 valence electrons. The summed E-state index contributed by atoms with van der Waals surface area (Å²) in [6, 6.07) is 25.8. The SMILES string of the molecule is COc1ccc(Nc2ccccc2C(=O)N2CCN(Cc3cccc4cccnc34)CC2)cc1. The zero-order valence-corrected chi connectivity index (χ0v) is 19.3. The summed E-state index contributed by atoms with van der Waals surface area (Å²) in [4.78, 5) is 22.3. The number of anilines is 2. The van der Waals surface area contributed by atoms with Gasteiger partial charge in [-0.05, 0) is 48.0 Å². The molecule has 5 rings (SSSR count). The van der Waals surface area contributed by atoms with Crippen molar-refractivity contribution in [2.24, 2.45) is 0 Å². The number of hydrogen-bond acceptors (Lipinski definition) is 5. The number of nitrogens with one attached hydrogen (secondary N) is 1. The van der Waals surface area contributed by atoms with Crippen LogP contribution in [0.2, 0.25) is 0 Å². The van der Waals surface area contributed by atoms with E-state index >= 15 is 0 Å². The molecule has 34 heavy (non-hydrogen) atoms. The maximum Gasteiger partial charge on any atom is 0.256 e. The summed E-state index contributed by atoms with van der Waals surface area (Å²) in [7, 11) is 1.65. The number of para-hydroxylation sites is 2. The lowest BCUT2D eigenvalue weighted by molar-refractivity contribution is 0.0630. The Labute approximate surface area is 199 Å². The molecule has 0 radical (unpaired) electrons. The first-order chi connectivity index (χ1) is 16.7. The van der Waals surface area contributed by atoms with Crippen LogP contribution in [0.3, 0.4) is 0 Å². The van der Waals surface area contributed by atoms with Crippen LogP contribution in [0.15, 0.2) is 85.1 Å². The number of carbonyl (C=O) groups excluding carboxylic acids is 1. The Morgan fingerprint density at radius 1 is 0.912 bits per heavy atom. The molecule has 1 aliphatic heterocycles. The quantitative estimate of drug-likeness (QED) is 0.449. The summed E-state index contributed by atoms with van der Waals surface area (Å²) >= 11 is 0. The van der Waals surface area contributed by atoms with Crippen LogP contribution < -0.4 is 10.1 Å². The molecule has 1 amide bonds. The monoisotopic (exact) mass is 452 g/mol. The number of pyridine rings is 1. The van der Waals surface area contributed by atoms with Crippen LogP contribution in [0.5, 0.6) is 5.75 Å². The Hall–Kier alpha value is -3.90. The van der Waals surface area contributed by atoms with Crippen molar-refractivity contribution in [3.63, 3.8) is 0 Å². The van der Waals surface area contributed by atoms with Crippen molar-refractivity contribution in [1.29, 1.82) is 0 Å². The molecule has 1 saturated heterocycles. The molecule has 6 nitrogen and oxygen atoms in total. The standard InChI is InChI=1S/C28H28N4O2/c1-34-24-13-11-23(12-14-24)30-26-10-3-2-9-25(26)28(33)32-18-16-31(17-19-32)20-22-7-4-6-21-8-5-15-29-27(21)22/h2-15,30H,16-20H2,1H3. The second kappa shape index (κ2) is 9.93. The summed E-state index contributed by atoms with van der Waals surface area (Å²) in [6.07, 6.45) is 1.85. The van der Waals surface area contributed by atoms with E-state index in [1.165, 1.54) is 5.56 Å². The van der Waals surface area contributed by atoms with Crippen LogP contribution in [-0.4, -0.2) is 54.0 Å². The molecule has 0 atom stereocenters. The molecule has 0 unspecified atom stereocenters. The van der Waals surface area contributed by atoms with E-state index < -0.39 is 0 Å². The first kappa shape index (κ1) is 21.9. The normalized spacial score (nSPS) is 14.2. The van der Waals surface area contributed by atoms with Crippen molar-refractivity contribution in [3.8, 4) is 5.75 Å². The minimum atomic E-state index is 0.0584. The van der Waals surface area contributed by atoms with Gasteiger partial charge in [0.25, 0.3) is 5.91 Å². The van der Waals surface area contributed by atoms with E-state index in [9.17, 15) is 4.79 Å². The Balaban J connectivity index is 1.24. The van der Waals surface area contributed by atoms with Crippen molar-refractivity contribution in [1.82, 2.24) is 14.8 Å². The summed E-state index contributed by atoms with van der Waals surface area (Å²) in [5.74, 6) is 0.857. The van der Waals surface area contributed by atoms with Crippen molar-refractivity contribution in [2.45, 2.75) is 6.54 Å².